The van der Waals surface area contributed by atoms with E-state index in [1.807, 2.05) is 37.3 Å². The summed E-state index contributed by atoms with van der Waals surface area (Å²) >= 11 is 6.07. The van der Waals surface area contributed by atoms with Gasteiger partial charge < -0.3 is 20.4 Å². The highest BCUT2D eigenvalue weighted by atomic mass is 35.5. The van der Waals surface area contributed by atoms with E-state index in [1.165, 1.54) is 0 Å². The molecule has 0 radical (unpaired) electrons. The zero-order valence-corrected chi connectivity index (χ0v) is 17.0. The van der Waals surface area contributed by atoms with Gasteiger partial charge in [-0.15, -0.1) is 0 Å². The third-order valence-corrected chi connectivity index (χ3v) is 4.62. The topological polar surface area (TPSA) is 83.4 Å². The molecule has 0 saturated heterocycles. The van der Waals surface area contributed by atoms with Gasteiger partial charge in [-0.1, -0.05) is 29.8 Å². The molecular formula is C22H22ClN3O3. The Bertz CT molecular complexity index is 1030. The molecule has 0 bridgehead atoms. The number of benzene rings is 2. The molecule has 3 rings (SSSR count). The molecule has 0 spiro atoms. The van der Waals surface area contributed by atoms with E-state index < -0.39 is 0 Å². The molecule has 29 heavy (non-hydrogen) atoms. The molecule has 0 aliphatic heterocycles. The third-order valence-electron chi connectivity index (χ3n) is 4.38. The van der Waals surface area contributed by atoms with Crippen molar-refractivity contribution >= 4 is 29.1 Å². The Morgan fingerprint density at radius 3 is 2.66 bits per heavy atom. The Labute approximate surface area is 174 Å². The van der Waals surface area contributed by atoms with Gasteiger partial charge in [0.25, 0.3) is 5.91 Å². The zero-order valence-electron chi connectivity index (χ0n) is 16.2. The lowest BCUT2D eigenvalue weighted by molar-refractivity contribution is -0.115. The minimum atomic E-state index is -0.256. The molecule has 3 aromatic rings. The Morgan fingerprint density at radius 1 is 1.07 bits per heavy atom. The molecule has 2 amide bonds. The lowest BCUT2D eigenvalue weighted by atomic mass is 10.1. The first-order valence-corrected chi connectivity index (χ1v) is 9.52. The van der Waals surface area contributed by atoms with Crippen molar-refractivity contribution in [2.75, 3.05) is 18.9 Å². The minimum absolute atomic E-state index is 0.0777. The normalized spacial score (nSPS) is 10.6. The summed E-state index contributed by atoms with van der Waals surface area (Å²) in [6.07, 6.45) is 0. The zero-order chi connectivity index (χ0) is 20.8. The number of amides is 2. The number of carbonyl (C=O) groups excluding carboxylic acids is 2. The fourth-order valence-electron chi connectivity index (χ4n) is 2.90. The van der Waals surface area contributed by atoms with Crippen LogP contribution in [-0.4, -0.2) is 25.4 Å². The molecule has 0 saturated carbocycles. The Kier molecular flexibility index (Phi) is 6.69. The van der Waals surface area contributed by atoms with Crippen LogP contribution < -0.4 is 16.0 Å². The fraction of sp³-hybridized carbons (Fsp3) is 0.182. The molecule has 0 aliphatic carbocycles. The average molecular weight is 412 g/mol. The van der Waals surface area contributed by atoms with Crippen molar-refractivity contribution in [3.63, 3.8) is 0 Å². The van der Waals surface area contributed by atoms with Gasteiger partial charge in [0.05, 0.1) is 24.3 Å². The fourth-order valence-corrected chi connectivity index (χ4v) is 3.07. The number of hydrogen-bond acceptors (Lipinski definition) is 4. The molecule has 1 heterocycles. The third kappa shape index (κ3) is 5.25. The predicted octanol–water partition coefficient (Wildman–Crippen LogP) is 4.00. The molecule has 3 N–H and O–H groups in total. The van der Waals surface area contributed by atoms with Gasteiger partial charge in [0.1, 0.15) is 11.5 Å². The lowest BCUT2D eigenvalue weighted by Gasteiger charge is -2.10. The van der Waals surface area contributed by atoms with Crippen LogP contribution in [0.3, 0.4) is 0 Å². The number of carbonyl (C=O) groups is 2. The van der Waals surface area contributed by atoms with E-state index in [2.05, 4.69) is 16.0 Å². The van der Waals surface area contributed by atoms with Crippen LogP contribution >= 0.6 is 11.6 Å². The molecule has 0 aliphatic rings. The second-order valence-corrected chi connectivity index (χ2v) is 6.94. The highest BCUT2D eigenvalue weighted by Crippen LogP contribution is 2.28. The van der Waals surface area contributed by atoms with Crippen molar-refractivity contribution < 1.29 is 14.0 Å². The average Bonchev–Trinajstić information content (AvgIpc) is 3.18. The van der Waals surface area contributed by atoms with Gasteiger partial charge in [-0.05, 0) is 48.9 Å². The van der Waals surface area contributed by atoms with Crippen molar-refractivity contribution in [2.24, 2.45) is 0 Å². The second-order valence-electron chi connectivity index (χ2n) is 6.50. The van der Waals surface area contributed by atoms with Crippen LogP contribution in [0.15, 0.2) is 59.0 Å². The van der Waals surface area contributed by atoms with Crippen LogP contribution in [0.1, 0.15) is 21.7 Å². The first-order chi connectivity index (χ1) is 14.0. The SMILES string of the molecule is CNC(=O)c1ccccc1NC(=O)CNCc1ccc(-c2cc(Cl)ccc2C)o1. The van der Waals surface area contributed by atoms with Crippen molar-refractivity contribution in [1.29, 1.82) is 0 Å². The smallest absolute Gasteiger partial charge is 0.253 e. The Morgan fingerprint density at radius 2 is 1.86 bits per heavy atom. The predicted molar refractivity (Wildman–Crippen MR) is 114 cm³/mol. The molecule has 0 atom stereocenters. The van der Waals surface area contributed by atoms with Crippen LogP contribution in [0.4, 0.5) is 5.69 Å². The summed E-state index contributed by atoms with van der Waals surface area (Å²) in [5.41, 5.74) is 2.89. The van der Waals surface area contributed by atoms with Crippen LogP contribution in [0, 0.1) is 6.92 Å². The van der Waals surface area contributed by atoms with Gasteiger partial charge in [-0.3, -0.25) is 9.59 Å². The standard InChI is InChI=1S/C22H22ClN3O3/c1-14-7-8-15(23)11-18(14)20-10-9-16(29-20)12-25-13-21(27)26-19-6-4-3-5-17(19)22(28)24-2/h3-11,25H,12-13H2,1-2H3,(H,24,28)(H,26,27). The van der Waals surface area contributed by atoms with Crippen molar-refractivity contribution in [3.8, 4) is 11.3 Å². The van der Waals surface area contributed by atoms with E-state index in [9.17, 15) is 9.59 Å². The number of rotatable bonds is 7. The Hall–Kier alpha value is -3.09. The summed E-state index contributed by atoms with van der Waals surface area (Å²) in [7, 11) is 1.55. The number of hydrogen-bond donors (Lipinski definition) is 3. The first kappa shape index (κ1) is 20.6. The summed E-state index contributed by atoms with van der Waals surface area (Å²) < 4.78 is 5.86. The number of furan rings is 1. The molecule has 2 aromatic carbocycles. The van der Waals surface area contributed by atoms with Gasteiger partial charge in [0, 0.05) is 17.6 Å². The van der Waals surface area contributed by atoms with Crippen LogP contribution in [0.25, 0.3) is 11.3 Å². The molecule has 150 valence electrons. The highest BCUT2D eigenvalue weighted by Gasteiger charge is 2.12. The number of aryl methyl sites for hydroxylation is 1. The van der Waals surface area contributed by atoms with Crippen molar-refractivity contribution in [3.05, 3.63) is 76.5 Å². The van der Waals surface area contributed by atoms with Gasteiger partial charge in [-0.25, -0.2) is 0 Å². The summed E-state index contributed by atoms with van der Waals surface area (Å²) in [6, 6.07) is 16.2. The second kappa shape index (κ2) is 9.41. The number of nitrogens with one attached hydrogen (secondary N) is 3. The maximum atomic E-state index is 12.2. The van der Waals surface area contributed by atoms with E-state index in [1.54, 1.807) is 31.3 Å². The minimum Gasteiger partial charge on any atom is -0.460 e. The summed E-state index contributed by atoms with van der Waals surface area (Å²) in [5, 5.41) is 9.00. The van der Waals surface area contributed by atoms with Gasteiger partial charge in [0.2, 0.25) is 5.91 Å². The monoisotopic (exact) mass is 411 g/mol. The molecule has 1 aromatic heterocycles. The van der Waals surface area contributed by atoms with Crippen molar-refractivity contribution in [1.82, 2.24) is 10.6 Å². The molecule has 6 nitrogen and oxygen atoms in total. The first-order valence-electron chi connectivity index (χ1n) is 9.15. The van der Waals surface area contributed by atoms with Crippen LogP contribution in [-0.2, 0) is 11.3 Å². The largest absolute Gasteiger partial charge is 0.460 e. The maximum Gasteiger partial charge on any atom is 0.253 e. The Balaban J connectivity index is 1.56. The van der Waals surface area contributed by atoms with E-state index in [-0.39, 0.29) is 18.4 Å². The van der Waals surface area contributed by atoms with Crippen molar-refractivity contribution in [2.45, 2.75) is 13.5 Å². The number of halogens is 1. The van der Waals surface area contributed by atoms with Crippen LogP contribution in [0.2, 0.25) is 5.02 Å². The van der Waals surface area contributed by atoms with E-state index >= 15 is 0 Å². The quantitative estimate of drug-likeness (QED) is 0.548. The van der Waals surface area contributed by atoms with E-state index in [4.69, 9.17) is 16.0 Å². The summed E-state index contributed by atoms with van der Waals surface area (Å²) in [6.45, 7) is 2.46. The summed E-state index contributed by atoms with van der Waals surface area (Å²) in [4.78, 5) is 24.1. The van der Waals surface area contributed by atoms with Gasteiger partial charge in [-0.2, -0.15) is 0 Å². The maximum absolute atomic E-state index is 12.2. The van der Waals surface area contributed by atoms with E-state index in [0.717, 1.165) is 16.9 Å². The van der Waals surface area contributed by atoms with Crippen LogP contribution in [0.5, 0.6) is 0 Å². The molecular weight excluding hydrogens is 390 g/mol. The number of anilines is 1. The number of para-hydroxylation sites is 1. The lowest BCUT2D eigenvalue weighted by Crippen LogP contribution is -2.29. The molecule has 7 heteroatoms. The summed E-state index contributed by atoms with van der Waals surface area (Å²) in [5.74, 6) is 0.927. The highest BCUT2D eigenvalue weighted by molar-refractivity contribution is 6.30. The van der Waals surface area contributed by atoms with E-state index in [0.29, 0.717) is 28.6 Å². The molecule has 0 fully saturated rings. The van der Waals surface area contributed by atoms with Gasteiger partial charge >= 0.3 is 0 Å². The molecule has 0 unspecified atom stereocenters. The van der Waals surface area contributed by atoms with Gasteiger partial charge in [0.15, 0.2) is 0 Å².